The maximum atomic E-state index is 4.19. The van der Waals surface area contributed by atoms with Crippen LogP contribution in [0.4, 0.5) is 0 Å². The monoisotopic (exact) mass is 237 g/mol. The fraction of sp³-hybridized carbons (Fsp3) is 0.875. The molecule has 0 heterocycles. The van der Waals surface area contributed by atoms with Crippen molar-refractivity contribution >= 4 is 0 Å². The maximum absolute atomic E-state index is 4.19. The van der Waals surface area contributed by atoms with Gasteiger partial charge in [0.15, 0.2) is 0 Å². The molecule has 1 aliphatic carbocycles. The second-order valence-electron chi connectivity index (χ2n) is 5.72. The molecule has 1 heteroatoms. The van der Waals surface area contributed by atoms with Crippen LogP contribution in [0.1, 0.15) is 65.7 Å². The van der Waals surface area contributed by atoms with Crippen molar-refractivity contribution in [2.75, 3.05) is 6.54 Å². The molecule has 0 saturated heterocycles. The molecule has 0 aromatic heterocycles. The molecule has 1 aliphatic rings. The van der Waals surface area contributed by atoms with Gasteiger partial charge in [0.1, 0.15) is 0 Å². The zero-order valence-electron chi connectivity index (χ0n) is 12.1. The van der Waals surface area contributed by atoms with Crippen molar-refractivity contribution < 1.29 is 0 Å². The molecular formula is C16H31N. The van der Waals surface area contributed by atoms with Crippen LogP contribution in [-0.4, -0.2) is 12.6 Å². The molecular weight excluding hydrogens is 206 g/mol. The van der Waals surface area contributed by atoms with Crippen LogP contribution in [0.3, 0.4) is 0 Å². The summed E-state index contributed by atoms with van der Waals surface area (Å²) in [7, 11) is 0. The average Bonchev–Trinajstić information content (AvgIpc) is 2.82. The third kappa shape index (κ3) is 4.83. The molecule has 3 atom stereocenters. The third-order valence-corrected chi connectivity index (χ3v) is 4.39. The molecule has 17 heavy (non-hydrogen) atoms. The van der Waals surface area contributed by atoms with Gasteiger partial charge in [-0.3, -0.25) is 0 Å². The van der Waals surface area contributed by atoms with E-state index in [1.807, 2.05) is 0 Å². The standard InChI is InChI=1S/C16H31N/c1-5-10-17-16(11-13(4)6-2)15-9-8-14(7-3)12-15/h14-17H,4-12H2,1-3H3. The lowest BCUT2D eigenvalue weighted by Crippen LogP contribution is -2.36. The fourth-order valence-corrected chi connectivity index (χ4v) is 3.04. The number of rotatable bonds is 8. The lowest BCUT2D eigenvalue weighted by atomic mass is 9.90. The molecule has 0 radical (unpaired) electrons. The highest BCUT2D eigenvalue weighted by molar-refractivity contribution is 4.99. The van der Waals surface area contributed by atoms with E-state index in [-0.39, 0.29) is 0 Å². The van der Waals surface area contributed by atoms with Gasteiger partial charge in [-0.2, -0.15) is 0 Å². The van der Waals surface area contributed by atoms with Gasteiger partial charge in [0, 0.05) is 6.04 Å². The largest absolute Gasteiger partial charge is 0.313 e. The molecule has 1 nitrogen and oxygen atoms in total. The number of nitrogens with one attached hydrogen (secondary N) is 1. The first-order valence-corrected chi connectivity index (χ1v) is 7.61. The summed E-state index contributed by atoms with van der Waals surface area (Å²) in [5.41, 5.74) is 1.42. The first-order valence-electron chi connectivity index (χ1n) is 7.61. The highest BCUT2D eigenvalue weighted by atomic mass is 14.9. The van der Waals surface area contributed by atoms with Crippen LogP contribution in [0.25, 0.3) is 0 Å². The molecule has 3 unspecified atom stereocenters. The van der Waals surface area contributed by atoms with E-state index < -0.39 is 0 Å². The van der Waals surface area contributed by atoms with E-state index in [0.717, 1.165) is 24.8 Å². The predicted molar refractivity (Wildman–Crippen MR) is 77.3 cm³/mol. The van der Waals surface area contributed by atoms with E-state index in [2.05, 4.69) is 32.7 Å². The topological polar surface area (TPSA) is 12.0 Å². The van der Waals surface area contributed by atoms with Crippen LogP contribution in [0.15, 0.2) is 12.2 Å². The molecule has 1 N–H and O–H groups in total. The van der Waals surface area contributed by atoms with Crippen molar-refractivity contribution in [1.82, 2.24) is 5.32 Å². The van der Waals surface area contributed by atoms with Gasteiger partial charge in [-0.1, -0.05) is 45.8 Å². The first-order chi connectivity index (χ1) is 8.21. The van der Waals surface area contributed by atoms with Crippen LogP contribution in [-0.2, 0) is 0 Å². The summed E-state index contributed by atoms with van der Waals surface area (Å²) in [5.74, 6) is 1.88. The van der Waals surface area contributed by atoms with Gasteiger partial charge in [0.2, 0.25) is 0 Å². The summed E-state index contributed by atoms with van der Waals surface area (Å²) >= 11 is 0. The van der Waals surface area contributed by atoms with Crippen molar-refractivity contribution in [3.05, 3.63) is 12.2 Å². The first kappa shape index (κ1) is 14.8. The van der Waals surface area contributed by atoms with Gasteiger partial charge < -0.3 is 5.32 Å². The van der Waals surface area contributed by atoms with Gasteiger partial charge >= 0.3 is 0 Å². The van der Waals surface area contributed by atoms with Gasteiger partial charge in [-0.25, -0.2) is 0 Å². The molecule has 0 amide bonds. The predicted octanol–water partition coefficient (Wildman–Crippen LogP) is 4.54. The lowest BCUT2D eigenvalue weighted by molar-refractivity contribution is 0.342. The summed E-state index contributed by atoms with van der Waals surface area (Å²) < 4.78 is 0. The molecule has 0 aliphatic heterocycles. The molecule has 0 spiro atoms. The van der Waals surface area contributed by atoms with E-state index >= 15 is 0 Å². The SMILES string of the molecule is C=C(CC)CC(NCCC)C1CCC(CC)C1. The maximum Gasteiger partial charge on any atom is 0.0132 e. The van der Waals surface area contributed by atoms with Crippen molar-refractivity contribution in [1.29, 1.82) is 0 Å². The number of hydrogen-bond donors (Lipinski definition) is 1. The van der Waals surface area contributed by atoms with Crippen molar-refractivity contribution in [2.45, 2.75) is 71.8 Å². The van der Waals surface area contributed by atoms with Crippen LogP contribution < -0.4 is 5.32 Å². The second-order valence-corrected chi connectivity index (χ2v) is 5.72. The quantitative estimate of drug-likeness (QED) is 0.611. The summed E-state index contributed by atoms with van der Waals surface area (Å²) in [6.07, 6.45) is 9.24. The Labute approximate surface area is 108 Å². The van der Waals surface area contributed by atoms with Gasteiger partial charge in [-0.05, 0) is 50.5 Å². The molecule has 0 bridgehead atoms. The Bertz CT molecular complexity index is 222. The Kier molecular flexibility index (Phi) is 6.87. The van der Waals surface area contributed by atoms with E-state index in [1.165, 1.54) is 44.1 Å². The summed E-state index contributed by atoms with van der Waals surface area (Å²) in [4.78, 5) is 0. The minimum Gasteiger partial charge on any atom is -0.313 e. The van der Waals surface area contributed by atoms with Gasteiger partial charge in [0.25, 0.3) is 0 Å². The summed E-state index contributed by atoms with van der Waals surface area (Å²) in [6, 6.07) is 0.693. The fourth-order valence-electron chi connectivity index (χ4n) is 3.04. The highest BCUT2D eigenvalue weighted by Gasteiger charge is 2.29. The normalized spacial score (nSPS) is 26.1. The Morgan fingerprint density at radius 3 is 2.59 bits per heavy atom. The average molecular weight is 237 g/mol. The summed E-state index contributed by atoms with van der Waals surface area (Å²) in [6.45, 7) is 12.2. The molecule has 0 aromatic carbocycles. The van der Waals surface area contributed by atoms with Crippen LogP contribution in [0, 0.1) is 11.8 Å². The molecule has 0 aromatic rings. The number of hydrogen-bond acceptors (Lipinski definition) is 1. The van der Waals surface area contributed by atoms with E-state index in [9.17, 15) is 0 Å². The van der Waals surface area contributed by atoms with Crippen LogP contribution in [0.5, 0.6) is 0 Å². The Balaban J connectivity index is 2.47. The minimum atomic E-state index is 0.693. The van der Waals surface area contributed by atoms with Crippen LogP contribution >= 0.6 is 0 Å². The van der Waals surface area contributed by atoms with Crippen LogP contribution in [0.2, 0.25) is 0 Å². The Morgan fingerprint density at radius 2 is 2.06 bits per heavy atom. The zero-order valence-corrected chi connectivity index (χ0v) is 12.1. The van der Waals surface area contributed by atoms with E-state index in [0.29, 0.717) is 6.04 Å². The smallest absolute Gasteiger partial charge is 0.0132 e. The Morgan fingerprint density at radius 1 is 1.29 bits per heavy atom. The lowest BCUT2D eigenvalue weighted by Gasteiger charge is -2.26. The zero-order chi connectivity index (χ0) is 12.7. The highest BCUT2D eigenvalue weighted by Crippen LogP contribution is 2.36. The second kappa shape index (κ2) is 7.92. The summed E-state index contributed by atoms with van der Waals surface area (Å²) in [5, 5.41) is 3.76. The Hall–Kier alpha value is -0.300. The molecule has 100 valence electrons. The van der Waals surface area contributed by atoms with Crippen molar-refractivity contribution in [2.24, 2.45) is 11.8 Å². The van der Waals surface area contributed by atoms with Crippen molar-refractivity contribution in [3.8, 4) is 0 Å². The minimum absolute atomic E-state index is 0.693. The van der Waals surface area contributed by atoms with Crippen molar-refractivity contribution in [3.63, 3.8) is 0 Å². The van der Waals surface area contributed by atoms with Gasteiger partial charge in [-0.15, -0.1) is 0 Å². The van der Waals surface area contributed by atoms with E-state index in [1.54, 1.807) is 0 Å². The molecule has 1 fully saturated rings. The van der Waals surface area contributed by atoms with Gasteiger partial charge in [0.05, 0.1) is 0 Å². The molecule has 1 rings (SSSR count). The molecule has 1 saturated carbocycles. The van der Waals surface area contributed by atoms with E-state index in [4.69, 9.17) is 0 Å². The third-order valence-electron chi connectivity index (χ3n) is 4.39.